The maximum Gasteiger partial charge on any atom is 0.124 e. The largest absolute Gasteiger partial charge is 0.491 e. The summed E-state index contributed by atoms with van der Waals surface area (Å²) in [5.41, 5.74) is 1.26. The first-order valence-corrected chi connectivity index (χ1v) is 7.91. The van der Waals surface area contributed by atoms with Gasteiger partial charge in [-0.2, -0.15) is 0 Å². The van der Waals surface area contributed by atoms with Gasteiger partial charge in [0.15, 0.2) is 0 Å². The van der Waals surface area contributed by atoms with E-state index >= 15 is 0 Å². The fourth-order valence-electron chi connectivity index (χ4n) is 2.74. The van der Waals surface area contributed by atoms with Gasteiger partial charge in [0.2, 0.25) is 0 Å². The Morgan fingerprint density at radius 1 is 1.30 bits per heavy atom. The zero-order valence-electron chi connectivity index (χ0n) is 12.7. The van der Waals surface area contributed by atoms with E-state index in [0.29, 0.717) is 12.6 Å². The smallest absolute Gasteiger partial charge is 0.124 e. The van der Waals surface area contributed by atoms with E-state index in [1.165, 1.54) is 18.4 Å². The number of para-hydroxylation sites is 1. The second-order valence-corrected chi connectivity index (χ2v) is 5.36. The molecule has 1 saturated heterocycles. The fourth-order valence-corrected chi connectivity index (χ4v) is 2.74. The Kier molecular flexibility index (Phi) is 6.34. The Labute approximate surface area is 122 Å². The van der Waals surface area contributed by atoms with E-state index in [4.69, 9.17) is 9.47 Å². The van der Waals surface area contributed by atoms with Crippen LogP contribution in [0.1, 0.15) is 51.1 Å². The van der Waals surface area contributed by atoms with E-state index in [1.54, 1.807) is 0 Å². The molecule has 2 atom stereocenters. The lowest BCUT2D eigenvalue weighted by atomic mass is 10.0. The lowest BCUT2D eigenvalue weighted by Gasteiger charge is -2.24. The maximum atomic E-state index is 6.04. The third-order valence-electron chi connectivity index (χ3n) is 3.85. The molecule has 0 radical (unpaired) electrons. The molecule has 1 N–H and O–H groups in total. The van der Waals surface area contributed by atoms with Crippen LogP contribution >= 0.6 is 0 Å². The highest BCUT2D eigenvalue weighted by molar-refractivity contribution is 5.36. The molecule has 0 aromatic heterocycles. The van der Waals surface area contributed by atoms with Gasteiger partial charge in [-0.1, -0.05) is 32.0 Å². The minimum absolute atomic E-state index is 0.260. The van der Waals surface area contributed by atoms with Crippen molar-refractivity contribution < 1.29 is 9.47 Å². The zero-order chi connectivity index (χ0) is 14.2. The van der Waals surface area contributed by atoms with Gasteiger partial charge in [-0.05, 0) is 38.3 Å². The number of hydrogen-bond acceptors (Lipinski definition) is 3. The van der Waals surface area contributed by atoms with Crippen LogP contribution in [0.15, 0.2) is 24.3 Å². The Morgan fingerprint density at radius 3 is 2.85 bits per heavy atom. The summed E-state index contributed by atoms with van der Waals surface area (Å²) in [5, 5.41) is 3.52. The number of nitrogens with one attached hydrogen (secondary N) is 1. The Hall–Kier alpha value is -1.06. The number of hydrogen-bond donors (Lipinski definition) is 1. The van der Waals surface area contributed by atoms with Crippen molar-refractivity contribution in [3.63, 3.8) is 0 Å². The molecule has 0 amide bonds. The summed E-state index contributed by atoms with van der Waals surface area (Å²) in [6, 6.07) is 8.72. The van der Waals surface area contributed by atoms with Crippen molar-refractivity contribution in [1.82, 2.24) is 5.32 Å². The summed E-state index contributed by atoms with van der Waals surface area (Å²) >= 11 is 0. The number of rotatable bonds is 7. The average Bonchev–Trinajstić information content (AvgIpc) is 2.52. The van der Waals surface area contributed by atoms with Crippen molar-refractivity contribution in [2.45, 2.75) is 51.7 Å². The maximum absolute atomic E-state index is 6.04. The molecule has 1 fully saturated rings. The Morgan fingerprint density at radius 2 is 2.15 bits per heavy atom. The van der Waals surface area contributed by atoms with Crippen LogP contribution in [0.3, 0.4) is 0 Å². The summed E-state index contributed by atoms with van der Waals surface area (Å²) in [7, 11) is 0. The highest BCUT2D eigenvalue weighted by atomic mass is 16.5. The van der Waals surface area contributed by atoms with Crippen LogP contribution < -0.4 is 10.1 Å². The van der Waals surface area contributed by atoms with Gasteiger partial charge in [0.05, 0.1) is 6.10 Å². The average molecular weight is 277 g/mol. The van der Waals surface area contributed by atoms with E-state index < -0.39 is 0 Å². The molecule has 1 aliphatic rings. The molecule has 20 heavy (non-hydrogen) atoms. The Balaban J connectivity index is 1.99. The molecule has 2 rings (SSSR count). The van der Waals surface area contributed by atoms with Crippen molar-refractivity contribution >= 4 is 0 Å². The molecule has 112 valence electrons. The first-order valence-electron chi connectivity index (χ1n) is 7.91. The van der Waals surface area contributed by atoms with Gasteiger partial charge in [0.1, 0.15) is 12.4 Å². The van der Waals surface area contributed by atoms with E-state index in [2.05, 4.69) is 37.4 Å². The predicted molar refractivity (Wildman–Crippen MR) is 82.2 cm³/mol. The minimum Gasteiger partial charge on any atom is -0.491 e. The zero-order valence-corrected chi connectivity index (χ0v) is 12.7. The van der Waals surface area contributed by atoms with E-state index in [-0.39, 0.29) is 6.10 Å². The minimum atomic E-state index is 0.260. The quantitative estimate of drug-likeness (QED) is 0.824. The SMILES string of the molecule is CCNC(CC)c1ccccc1OCC1CCCCO1. The van der Waals surface area contributed by atoms with Gasteiger partial charge in [-0.25, -0.2) is 0 Å². The van der Waals surface area contributed by atoms with E-state index in [1.807, 2.05) is 6.07 Å². The van der Waals surface area contributed by atoms with Gasteiger partial charge >= 0.3 is 0 Å². The van der Waals surface area contributed by atoms with Gasteiger partial charge in [-0.3, -0.25) is 0 Å². The van der Waals surface area contributed by atoms with Crippen LogP contribution in [0.25, 0.3) is 0 Å². The standard InChI is InChI=1S/C17H27NO2/c1-3-16(18-4-2)15-10-5-6-11-17(15)20-13-14-9-7-8-12-19-14/h5-6,10-11,14,16,18H,3-4,7-9,12-13H2,1-2H3. The third kappa shape index (κ3) is 4.22. The van der Waals surface area contributed by atoms with Crippen molar-refractivity contribution in [1.29, 1.82) is 0 Å². The molecule has 0 spiro atoms. The second-order valence-electron chi connectivity index (χ2n) is 5.36. The van der Waals surface area contributed by atoms with Crippen LogP contribution in [0.2, 0.25) is 0 Å². The summed E-state index contributed by atoms with van der Waals surface area (Å²) in [5.74, 6) is 0.995. The molecular formula is C17H27NO2. The van der Waals surface area contributed by atoms with E-state index in [9.17, 15) is 0 Å². The van der Waals surface area contributed by atoms with E-state index in [0.717, 1.165) is 31.7 Å². The normalized spacial score (nSPS) is 20.6. The summed E-state index contributed by atoms with van der Waals surface area (Å²) in [6.45, 7) is 6.86. The first-order chi connectivity index (χ1) is 9.85. The van der Waals surface area contributed by atoms with Crippen molar-refractivity contribution in [3.05, 3.63) is 29.8 Å². The van der Waals surface area contributed by atoms with Crippen molar-refractivity contribution in [3.8, 4) is 5.75 Å². The molecule has 1 heterocycles. The molecule has 3 heteroatoms. The molecule has 0 bridgehead atoms. The number of benzene rings is 1. The summed E-state index contributed by atoms with van der Waals surface area (Å²) < 4.78 is 11.8. The summed E-state index contributed by atoms with van der Waals surface area (Å²) in [6.07, 6.45) is 4.88. The number of ether oxygens (including phenoxy) is 2. The fraction of sp³-hybridized carbons (Fsp3) is 0.647. The molecule has 1 aromatic rings. The van der Waals surface area contributed by atoms with Crippen LogP contribution in [0.5, 0.6) is 5.75 Å². The molecule has 0 aliphatic carbocycles. The molecular weight excluding hydrogens is 250 g/mol. The van der Waals surface area contributed by atoms with Crippen molar-refractivity contribution in [2.24, 2.45) is 0 Å². The Bertz CT molecular complexity index is 388. The lowest BCUT2D eigenvalue weighted by Crippen LogP contribution is -2.26. The monoisotopic (exact) mass is 277 g/mol. The molecule has 0 saturated carbocycles. The van der Waals surface area contributed by atoms with Crippen LogP contribution in [0.4, 0.5) is 0 Å². The van der Waals surface area contributed by atoms with Crippen LogP contribution in [0, 0.1) is 0 Å². The molecule has 2 unspecified atom stereocenters. The van der Waals surface area contributed by atoms with Crippen LogP contribution in [-0.4, -0.2) is 25.9 Å². The highest BCUT2D eigenvalue weighted by Crippen LogP contribution is 2.27. The molecule has 1 aliphatic heterocycles. The van der Waals surface area contributed by atoms with Crippen molar-refractivity contribution in [2.75, 3.05) is 19.8 Å². The highest BCUT2D eigenvalue weighted by Gasteiger charge is 2.17. The summed E-state index contributed by atoms with van der Waals surface area (Å²) in [4.78, 5) is 0. The topological polar surface area (TPSA) is 30.5 Å². The second kappa shape index (κ2) is 8.28. The first kappa shape index (κ1) is 15.3. The molecule has 1 aromatic carbocycles. The third-order valence-corrected chi connectivity index (χ3v) is 3.85. The lowest BCUT2D eigenvalue weighted by molar-refractivity contribution is -0.0113. The van der Waals surface area contributed by atoms with Crippen LogP contribution in [-0.2, 0) is 4.74 Å². The predicted octanol–water partition coefficient (Wildman–Crippen LogP) is 3.70. The molecule has 3 nitrogen and oxygen atoms in total. The van der Waals surface area contributed by atoms with Gasteiger partial charge in [-0.15, -0.1) is 0 Å². The van der Waals surface area contributed by atoms with Gasteiger partial charge in [0, 0.05) is 18.2 Å². The van der Waals surface area contributed by atoms with Gasteiger partial charge in [0.25, 0.3) is 0 Å². The van der Waals surface area contributed by atoms with Gasteiger partial charge < -0.3 is 14.8 Å².